The lowest BCUT2D eigenvalue weighted by Crippen LogP contribution is -1.96. The van der Waals surface area contributed by atoms with Crippen LogP contribution in [-0.4, -0.2) is 27.8 Å². The minimum atomic E-state index is -0.374. The van der Waals surface area contributed by atoms with Gasteiger partial charge in [-0.15, -0.1) is 0 Å². The summed E-state index contributed by atoms with van der Waals surface area (Å²) in [6, 6.07) is 0. The Kier molecular flexibility index (Phi) is 3.00. The van der Waals surface area contributed by atoms with Gasteiger partial charge < -0.3 is 4.74 Å². The first-order chi connectivity index (χ1) is 7.20. The molecule has 0 amide bonds. The molecule has 0 spiro atoms. The number of aromatic nitrogens is 3. The van der Waals surface area contributed by atoms with Crippen molar-refractivity contribution in [3.05, 3.63) is 27.0 Å². The number of carbonyl (C=O) groups excluding carboxylic acids is 1. The molecule has 0 aliphatic rings. The Morgan fingerprint density at radius 2 is 2.40 bits per heavy atom. The molecule has 0 saturated carbocycles. The Labute approximate surface area is 103 Å². The molecule has 0 N–H and O–H groups in total. The van der Waals surface area contributed by atoms with E-state index in [2.05, 4.69) is 37.4 Å². The minimum Gasteiger partial charge on any atom is -0.465 e. The molecule has 0 unspecified atom stereocenters. The normalized spacial score (nSPS) is 10.3. The first-order valence-electron chi connectivity index (χ1n) is 3.95. The average molecular weight is 335 g/mol. The molecular formula is C8H6IN3O2S. The first kappa shape index (κ1) is 10.6. The minimum absolute atomic E-state index is 0.374. The van der Waals surface area contributed by atoms with Crippen LogP contribution in [0.3, 0.4) is 0 Å². The predicted octanol–water partition coefficient (Wildman–Crippen LogP) is 1.72. The number of nitrogens with zero attached hydrogens (tertiary/aromatic N) is 3. The Balaban J connectivity index is 2.31. The molecule has 2 aromatic heterocycles. The summed E-state index contributed by atoms with van der Waals surface area (Å²) in [5.74, 6) is -0.374. The Morgan fingerprint density at radius 1 is 1.60 bits per heavy atom. The van der Waals surface area contributed by atoms with Gasteiger partial charge >= 0.3 is 5.97 Å². The molecule has 0 aliphatic carbocycles. The summed E-state index contributed by atoms with van der Waals surface area (Å²) < 4.78 is 7.23. The fraction of sp³-hybridized carbons (Fsp3) is 0.125. The molecule has 0 aliphatic heterocycles. The van der Waals surface area contributed by atoms with Crippen molar-refractivity contribution in [2.24, 2.45) is 0 Å². The average Bonchev–Trinajstić information content (AvgIpc) is 2.84. The van der Waals surface area contributed by atoms with E-state index in [1.807, 2.05) is 6.20 Å². The highest BCUT2D eigenvalue weighted by atomic mass is 127. The summed E-state index contributed by atoms with van der Waals surface area (Å²) in [5.41, 5.74) is 0. The van der Waals surface area contributed by atoms with Crippen molar-refractivity contribution in [1.82, 2.24) is 14.8 Å². The third-order valence-electron chi connectivity index (χ3n) is 1.63. The molecule has 0 saturated heterocycles. The van der Waals surface area contributed by atoms with E-state index >= 15 is 0 Å². The maximum atomic E-state index is 11.2. The van der Waals surface area contributed by atoms with E-state index in [0.29, 0.717) is 10.0 Å². The highest BCUT2D eigenvalue weighted by Gasteiger charge is 2.11. The molecule has 78 valence electrons. The zero-order chi connectivity index (χ0) is 10.8. The molecule has 2 aromatic rings. The monoisotopic (exact) mass is 335 g/mol. The summed E-state index contributed by atoms with van der Waals surface area (Å²) >= 11 is 3.40. The van der Waals surface area contributed by atoms with Crippen LogP contribution in [0.25, 0.3) is 5.13 Å². The summed E-state index contributed by atoms with van der Waals surface area (Å²) in [4.78, 5) is 15.7. The van der Waals surface area contributed by atoms with Crippen LogP contribution in [0, 0.1) is 3.57 Å². The second kappa shape index (κ2) is 4.27. The van der Waals surface area contributed by atoms with Gasteiger partial charge in [-0.05, 0) is 22.6 Å². The number of ether oxygens (including phenoxy) is 1. The smallest absolute Gasteiger partial charge is 0.349 e. The van der Waals surface area contributed by atoms with Crippen molar-refractivity contribution in [2.45, 2.75) is 0 Å². The van der Waals surface area contributed by atoms with E-state index in [1.54, 1.807) is 10.9 Å². The fourth-order valence-electron chi connectivity index (χ4n) is 0.971. The first-order valence-corrected chi connectivity index (χ1v) is 5.85. The SMILES string of the molecule is COC(=O)c1cnc(-n2cc(I)cn2)s1. The number of hydrogen-bond donors (Lipinski definition) is 0. The van der Waals surface area contributed by atoms with Crippen molar-refractivity contribution in [3.8, 4) is 5.13 Å². The lowest BCUT2D eigenvalue weighted by atomic mass is 10.6. The van der Waals surface area contributed by atoms with Crippen molar-refractivity contribution in [2.75, 3.05) is 7.11 Å². The topological polar surface area (TPSA) is 57.0 Å². The van der Waals surface area contributed by atoms with E-state index in [1.165, 1.54) is 24.6 Å². The maximum Gasteiger partial charge on any atom is 0.349 e. The Morgan fingerprint density at radius 3 is 3.00 bits per heavy atom. The Bertz CT molecular complexity index is 494. The van der Waals surface area contributed by atoms with Crippen LogP contribution in [-0.2, 0) is 4.74 Å². The molecule has 7 heteroatoms. The van der Waals surface area contributed by atoms with E-state index in [-0.39, 0.29) is 5.97 Å². The van der Waals surface area contributed by atoms with E-state index in [0.717, 1.165) is 3.57 Å². The molecule has 2 rings (SSSR count). The van der Waals surface area contributed by atoms with Gasteiger partial charge in [0.05, 0.1) is 23.1 Å². The zero-order valence-corrected chi connectivity index (χ0v) is 10.7. The summed E-state index contributed by atoms with van der Waals surface area (Å²) in [6.45, 7) is 0. The van der Waals surface area contributed by atoms with Crippen LogP contribution in [0.15, 0.2) is 18.6 Å². The molecule has 15 heavy (non-hydrogen) atoms. The number of hydrogen-bond acceptors (Lipinski definition) is 5. The summed E-state index contributed by atoms with van der Waals surface area (Å²) in [5, 5.41) is 4.74. The molecule has 0 radical (unpaired) electrons. The molecule has 0 fully saturated rings. The van der Waals surface area contributed by atoms with Gasteiger partial charge in [-0.1, -0.05) is 11.3 Å². The standard InChI is InChI=1S/C8H6IN3O2S/c1-14-7(13)6-3-10-8(15-6)12-4-5(9)2-11-12/h2-4H,1H3. The molecule has 0 atom stereocenters. The third-order valence-corrected chi connectivity index (χ3v) is 3.15. The van der Waals surface area contributed by atoms with Crippen molar-refractivity contribution >= 4 is 39.9 Å². The lowest BCUT2D eigenvalue weighted by molar-refractivity contribution is 0.0606. The van der Waals surface area contributed by atoms with Crippen LogP contribution in [0.5, 0.6) is 0 Å². The van der Waals surface area contributed by atoms with Crippen LogP contribution >= 0.6 is 33.9 Å². The number of rotatable bonds is 2. The summed E-state index contributed by atoms with van der Waals surface area (Å²) in [6.07, 6.45) is 5.04. The molecule has 2 heterocycles. The molecule has 5 nitrogen and oxygen atoms in total. The van der Waals surface area contributed by atoms with Crippen LogP contribution in [0.2, 0.25) is 0 Å². The zero-order valence-electron chi connectivity index (χ0n) is 7.68. The van der Waals surface area contributed by atoms with Crippen molar-refractivity contribution in [3.63, 3.8) is 0 Å². The number of halogens is 1. The van der Waals surface area contributed by atoms with Crippen LogP contribution < -0.4 is 0 Å². The van der Waals surface area contributed by atoms with Gasteiger partial charge in [0.25, 0.3) is 0 Å². The van der Waals surface area contributed by atoms with Gasteiger partial charge in [-0.2, -0.15) is 5.10 Å². The van der Waals surface area contributed by atoms with Gasteiger partial charge in [-0.25, -0.2) is 14.5 Å². The van der Waals surface area contributed by atoms with Gasteiger partial charge in [0.15, 0.2) is 0 Å². The molecular weight excluding hydrogens is 329 g/mol. The van der Waals surface area contributed by atoms with Gasteiger partial charge in [0.2, 0.25) is 5.13 Å². The highest BCUT2D eigenvalue weighted by molar-refractivity contribution is 14.1. The highest BCUT2D eigenvalue weighted by Crippen LogP contribution is 2.18. The number of methoxy groups -OCH3 is 1. The van der Waals surface area contributed by atoms with E-state index in [4.69, 9.17) is 0 Å². The van der Waals surface area contributed by atoms with Crippen LogP contribution in [0.1, 0.15) is 9.67 Å². The number of esters is 1. The largest absolute Gasteiger partial charge is 0.465 e. The van der Waals surface area contributed by atoms with Crippen molar-refractivity contribution < 1.29 is 9.53 Å². The Hall–Kier alpha value is -0.960. The van der Waals surface area contributed by atoms with E-state index in [9.17, 15) is 4.79 Å². The molecule has 0 bridgehead atoms. The van der Waals surface area contributed by atoms with Gasteiger partial charge in [0.1, 0.15) is 4.88 Å². The lowest BCUT2D eigenvalue weighted by Gasteiger charge is -1.92. The quantitative estimate of drug-likeness (QED) is 0.619. The van der Waals surface area contributed by atoms with Crippen LogP contribution in [0.4, 0.5) is 0 Å². The third kappa shape index (κ3) is 2.17. The second-order valence-electron chi connectivity index (χ2n) is 2.60. The predicted molar refractivity (Wildman–Crippen MR) is 63.3 cm³/mol. The van der Waals surface area contributed by atoms with Crippen molar-refractivity contribution in [1.29, 1.82) is 0 Å². The number of thiazole rings is 1. The van der Waals surface area contributed by atoms with Gasteiger partial charge in [0, 0.05) is 6.20 Å². The fourth-order valence-corrected chi connectivity index (χ4v) is 2.13. The van der Waals surface area contributed by atoms with E-state index < -0.39 is 0 Å². The summed E-state index contributed by atoms with van der Waals surface area (Å²) in [7, 11) is 1.35. The maximum absolute atomic E-state index is 11.2. The second-order valence-corrected chi connectivity index (χ2v) is 4.86. The number of carbonyl (C=O) groups is 1. The van der Waals surface area contributed by atoms with Gasteiger partial charge in [-0.3, -0.25) is 0 Å². The molecule has 0 aromatic carbocycles.